The quantitative estimate of drug-likeness (QED) is 0.253. The van der Waals surface area contributed by atoms with Gasteiger partial charge in [-0.3, -0.25) is 4.99 Å². The summed E-state index contributed by atoms with van der Waals surface area (Å²) in [6.45, 7) is 6.46. The number of guanidine groups is 1. The van der Waals surface area contributed by atoms with Crippen LogP contribution in [0.5, 0.6) is 0 Å². The van der Waals surface area contributed by atoms with Crippen LogP contribution < -0.4 is 10.2 Å². The molecule has 1 aliphatic rings. The fraction of sp³-hybridized carbons (Fsp3) is 0.435. The van der Waals surface area contributed by atoms with E-state index in [1.807, 2.05) is 25.2 Å². The Kier molecular flexibility index (Phi) is 10.9. The first-order chi connectivity index (χ1) is 13.9. The number of piperazine rings is 1. The van der Waals surface area contributed by atoms with Crippen LogP contribution in [0.4, 0.5) is 5.69 Å². The van der Waals surface area contributed by atoms with Crippen LogP contribution in [0.25, 0.3) is 0 Å². The van der Waals surface area contributed by atoms with Gasteiger partial charge in [-0.2, -0.15) is 0 Å². The van der Waals surface area contributed by atoms with Crippen molar-refractivity contribution in [1.82, 2.24) is 10.2 Å². The summed E-state index contributed by atoms with van der Waals surface area (Å²) in [4.78, 5) is 9.26. The van der Waals surface area contributed by atoms with Crippen molar-refractivity contribution in [1.29, 1.82) is 0 Å². The smallest absolute Gasteiger partial charge is 0.193 e. The van der Waals surface area contributed by atoms with E-state index in [1.165, 1.54) is 11.3 Å². The molecule has 1 saturated heterocycles. The standard InChI is InChI=1S/C23H32N4O.HI/c1-24-23(25-14-8-9-19-28-20-21-10-4-2-5-11-21)27-17-15-26(16-18-27)22-12-6-3-7-13-22;/h2-7,10-13H,8-9,14-20H2,1H3,(H,24,25);1H. The third-order valence-corrected chi connectivity index (χ3v) is 5.02. The topological polar surface area (TPSA) is 40.1 Å². The molecule has 0 radical (unpaired) electrons. The SMILES string of the molecule is CN=C(NCCCCOCc1ccccc1)N1CCN(c2ccccc2)CC1.I. The number of anilines is 1. The molecule has 0 aliphatic carbocycles. The summed E-state index contributed by atoms with van der Waals surface area (Å²) in [5.41, 5.74) is 2.54. The second-order valence-electron chi connectivity index (χ2n) is 7.03. The summed E-state index contributed by atoms with van der Waals surface area (Å²) in [5.74, 6) is 1.01. The van der Waals surface area contributed by atoms with Crippen molar-refractivity contribution < 1.29 is 4.74 Å². The number of hydrogen-bond acceptors (Lipinski definition) is 3. The van der Waals surface area contributed by atoms with E-state index in [1.54, 1.807) is 0 Å². The van der Waals surface area contributed by atoms with Gasteiger partial charge in [-0.05, 0) is 30.5 Å². The zero-order valence-electron chi connectivity index (χ0n) is 17.3. The molecule has 0 spiro atoms. The molecule has 5 nitrogen and oxygen atoms in total. The Morgan fingerprint density at radius 1 is 0.931 bits per heavy atom. The number of hydrogen-bond donors (Lipinski definition) is 1. The van der Waals surface area contributed by atoms with Crippen molar-refractivity contribution in [2.75, 3.05) is 51.3 Å². The zero-order valence-corrected chi connectivity index (χ0v) is 19.6. The average Bonchev–Trinajstić information content (AvgIpc) is 2.77. The highest BCUT2D eigenvalue weighted by Gasteiger charge is 2.19. The van der Waals surface area contributed by atoms with Crippen molar-refractivity contribution >= 4 is 35.6 Å². The molecule has 1 fully saturated rings. The van der Waals surface area contributed by atoms with E-state index in [9.17, 15) is 0 Å². The second kappa shape index (κ2) is 13.4. The molecule has 1 aliphatic heterocycles. The maximum absolute atomic E-state index is 5.75. The van der Waals surface area contributed by atoms with Crippen molar-refractivity contribution in [3.8, 4) is 0 Å². The van der Waals surface area contributed by atoms with Crippen LogP contribution in [0.1, 0.15) is 18.4 Å². The van der Waals surface area contributed by atoms with Gasteiger partial charge in [0.25, 0.3) is 0 Å². The molecule has 0 atom stereocenters. The van der Waals surface area contributed by atoms with Crippen LogP contribution in [-0.2, 0) is 11.3 Å². The summed E-state index contributed by atoms with van der Waals surface area (Å²) >= 11 is 0. The number of aliphatic imine (C=N–C) groups is 1. The first-order valence-corrected chi connectivity index (χ1v) is 10.2. The number of para-hydroxylation sites is 1. The van der Waals surface area contributed by atoms with Crippen molar-refractivity contribution in [2.45, 2.75) is 19.4 Å². The monoisotopic (exact) mass is 508 g/mol. The fourth-order valence-corrected chi connectivity index (χ4v) is 3.44. The lowest BCUT2D eigenvalue weighted by Gasteiger charge is -2.37. The molecule has 158 valence electrons. The van der Waals surface area contributed by atoms with Gasteiger partial charge in [0.05, 0.1) is 6.61 Å². The third-order valence-electron chi connectivity index (χ3n) is 5.02. The van der Waals surface area contributed by atoms with E-state index in [-0.39, 0.29) is 24.0 Å². The van der Waals surface area contributed by atoms with E-state index in [0.717, 1.165) is 58.1 Å². The van der Waals surface area contributed by atoms with Crippen LogP contribution in [0.15, 0.2) is 65.7 Å². The Morgan fingerprint density at radius 2 is 1.59 bits per heavy atom. The van der Waals surface area contributed by atoms with Gasteiger partial charge in [-0.15, -0.1) is 24.0 Å². The lowest BCUT2D eigenvalue weighted by molar-refractivity contribution is 0.117. The molecule has 0 saturated carbocycles. The van der Waals surface area contributed by atoms with Crippen molar-refractivity contribution in [3.63, 3.8) is 0 Å². The summed E-state index contributed by atoms with van der Waals surface area (Å²) in [6.07, 6.45) is 2.14. The van der Waals surface area contributed by atoms with Gasteiger partial charge in [-0.1, -0.05) is 48.5 Å². The lowest BCUT2D eigenvalue weighted by Crippen LogP contribution is -2.52. The number of nitrogens with zero attached hydrogens (tertiary/aromatic N) is 3. The number of nitrogens with one attached hydrogen (secondary N) is 1. The van der Waals surface area contributed by atoms with E-state index >= 15 is 0 Å². The third kappa shape index (κ3) is 7.85. The van der Waals surface area contributed by atoms with Crippen LogP contribution in [0.2, 0.25) is 0 Å². The fourth-order valence-electron chi connectivity index (χ4n) is 3.44. The van der Waals surface area contributed by atoms with Gasteiger partial charge in [0.15, 0.2) is 5.96 Å². The Morgan fingerprint density at radius 3 is 2.24 bits per heavy atom. The number of benzene rings is 2. The van der Waals surface area contributed by atoms with Crippen LogP contribution in [0, 0.1) is 0 Å². The summed E-state index contributed by atoms with van der Waals surface area (Å²) < 4.78 is 5.75. The number of rotatable bonds is 8. The maximum atomic E-state index is 5.75. The van der Waals surface area contributed by atoms with Crippen molar-refractivity contribution in [3.05, 3.63) is 66.2 Å². The molecule has 29 heavy (non-hydrogen) atoms. The number of ether oxygens (including phenoxy) is 1. The largest absolute Gasteiger partial charge is 0.377 e. The molecule has 6 heteroatoms. The molecule has 0 unspecified atom stereocenters. The molecule has 0 aromatic heterocycles. The van der Waals surface area contributed by atoms with E-state index in [2.05, 4.69) is 62.6 Å². The Bertz CT molecular complexity index is 703. The second-order valence-corrected chi connectivity index (χ2v) is 7.03. The highest BCUT2D eigenvalue weighted by Crippen LogP contribution is 2.15. The van der Waals surface area contributed by atoms with Crippen molar-refractivity contribution in [2.24, 2.45) is 4.99 Å². The Balaban J connectivity index is 0.00000300. The van der Waals surface area contributed by atoms with Crippen LogP contribution >= 0.6 is 24.0 Å². The molecular weight excluding hydrogens is 475 g/mol. The van der Waals surface area contributed by atoms with E-state index in [0.29, 0.717) is 6.61 Å². The lowest BCUT2D eigenvalue weighted by atomic mass is 10.2. The van der Waals surface area contributed by atoms with Crippen LogP contribution in [0.3, 0.4) is 0 Å². The van der Waals surface area contributed by atoms with E-state index in [4.69, 9.17) is 4.74 Å². The molecule has 3 rings (SSSR count). The van der Waals surface area contributed by atoms with Gasteiger partial charge in [-0.25, -0.2) is 0 Å². The number of halogens is 1. The summed E-state index contributed by atoms with van der Waals surface area (Å²) in [5, 5.41) is 3.50. The van der Waals surface area contributed by atoms with Crippen LogP contribution in [-0.4, -0.2) is 57.2 Å². The summed E-state index contributed by atoms with van der Waals surface area (Å²) in [7, 11) is 1.87. The van der Waals surface area contributed by atoms with E-state index < -0.39 is 0 Å². The van der Waals surface area contributed by atoms with Gasteiger partial charge in [0.2, 0.25) is 0 Å². The molecule has 0 amide bonds. The minimum atomic E-state index is 0. The predicted molar refractivity (Wildman–Crippen MR) is 132 cm³/mol. The normalized spacial score (nSPS) is 14.4. The molecule has 1 N–H and O–H groups in total. The molecule has 2 aromatic carbocycles. The molecular formula is C23H33IN4O. The molecule has 1 heterocycles. The van der Waals surface area contributed by atoms with Gasteiger partial charge in [0, 0.05) is 52.1 Å². The molecule has 0 bridgehead atoms. The summed E-state index contributed by atoms with van der Waals surface area (Å²) in [6, 6.07) is 21.0. The van der Waals surface area contributed by atoms with Gasteiger partial charge in [0.1, 0.15) is 0 Å². The molecule has 2 aromatic rings. The van der Waals surface area contributed by atoms with Gasteiger partial charge < -0.3 is 19.9 Å². The predicted octanol–water partition coefficient (Wildman–Crippen LogP) is 4.00. The highest BCUT2D eigenvalue weighted by atomic mass is 127. The Hall–Kier alpha value is -1.80. The first-order valence-electron chi connectivity index (χ1n) is 10.2. The van der Waals surface area contributed by atoms with Gasteiger partial charge >= 0.3 is 0 Å². The zero-order chi connectivity index (χ0) is 19.4. The maximum Gasteiger partial charge on any atom is 0.193 e. The number of unbranched alkanes of at least 4 members (excludes halogenated alkanes) is 1. The average molecular weight is 508 g/mol. The first kappa shape index (κ1) is 23.5. The highest BCUT2D eigenvalue weighted by molar-refractivity contribution is 14.0. The minimum absolute atomic E-state index is 0. The Labute approximate surface area is 192 Å². The minimum Gasteiger partial charge on any atom is -0.377 e.